The van der Waals surface area contributed by atoms with Gasteiger partial charge >= 0.3 is 6.16 Å². The molecule has 0 aliphatic carbocycles. The highest BCUT2D eigenvalue weighted by atomic mass is 16.7. The molecule has 2 aromatic carbocycles. The topological polar surface area (TPSA) is 35.5 Å². The van der Waals surface area contributed by atoms with Crippen molar-refractivity contribution in [3.05, 3.63) is 48.0 Å². The molecule has 0 N–H and O–H groups in total. The van der Waals surface area contributed by atoms with E-state index in [9.17, 15) is 4.79 Å². The fourth-order valence-corrected chi connectivity index (χ4v) is 1.72. The molecule has 17 heavy (non-hydrogen) atoms. The second-order valence-electron chi connectivity index (χ2n) is 3.82. The largest absolute Gasteiger partial charge is 0.508 e. The molecule has 2 rings (SSSR count). The van der Waals surface area contributed by atoms with E-state index in [-0.39, 0.29) is 6.10 Å². The molecule has 0 heterocycles. The number of methoxy groups -OCH3 is 1. The van der Waals surface area contributed by atoms with Crippen molar-refractivity contribution in [1.82, 2.24) is 0 Å². The molecule has 0 aromatic heterocycles. The van der Waals surface area contributed by atoms with E-state index in [0.717, 1.165) is 10.9 Å². The maximum absolute atomic E-state index is 11.0. The lowest BCUT2D eigenvalue weighted by Crippen LogP contribution is -2.08. The third-order valence-electron chi connectivity index (χ3n) is 2.68. The first kappa shape index (κ1) is 11.5. The standard InChI is InChI=1S/C14H14O3/c1-10(17-14(15)16-2)12-8-7-11-5-3-4-6-13(11)9-12/h3-10H,1-2H3/t10-/m1/s1. The van der Waals surface area contributed by atoms with Gasteiger partial charge < -0.3 is 9.47 Å². The van der Waals surface area contributed by atoms with E-state index < -0.39 is 6.16 Å². The van der Waals surface area contributed by atoms with Crippen molar-refractivity contribution in [1.29, 1.82) is 0 Å². The van der Waals surface area contributed by atoms with Crippen molar-refractivity contribution in [3.63, 3.8) is 0 Å². The molecule has 0 bridgehead atoms. The molecule has 0 amide bonds. The van der Waals surface area contributed by atoms with Crippen LogP contribution in [-0.4, -0.2) is 13.3 Å². The van der Waals surface area contributed by atoms with Crippen LogP contribution in [-0.2, 0) is 9.47 Å². The highest BCUT2D eigenvalue weighted by Crippen LogP contribution is 2.22. The highest BCUT2D eigenvalue weighted by Gasteiger charge is 2.11. The number of rotatable bonds is 2. The van der Waals surface area contributed by atoms with E-state index in [4.69, 9.17) is 4.74 Å². The van der Waals surface area contributed by atoms with Crippen LogP contribution < -0.4 is 0 Å². The van der Waals surface area contributed by atoms with E-state index in [0.29, 0.717) is 0 Å². The summed E-state index contributed by atoms with van der Waals surface area (Å²) in [4.78, 5) is 11.0. The van der Waals surface area contributed by atoms with E-state index in [1.165, 1.54) is 12.5 Å². The number of hydrogen-bond donors (Lipinski definition) is 0. The lowest BCUT2D eigenvalue weighted by Gasteiger charge is -2.13. The minimum Gasteiger partial charge on any atom is -0.438 e. The molecule has 0 unspecified atom stereocenters. The van der Waals surface area contributed by atoms with Crippen LogP contribution in [0.4, 0.5) is 4.79 Å². The van der Waals surface area contributed by atoms with Crippen LogP contribution in [0.15, 0.2) is 42.5 Å². The van der Waals surface area contributed by atoms with Gasteiger partial charge in [0.15, 0.2) is 0 Å². The van der Waals surface area contributed by atoms with E-state index in [1.807, 2.05) is 49.4 Å². The first-order valence-corrected chi connectivity index (χ1v) is 5.44. The van der Waals surface area contributed by atoms with Crippen LogP contribution in [0, 0.1) is 0 Å². The van der Waals surface area contributed by atoms with Crippen LogP contribution in [0.3, 0.4) is 0 Å². The van der Waals surface area contributed by atoms with Gasteiger partial charge in [0.2, 0.25) is 0 Å². The molecule has 0 aliphatic heterocycles. The molecule has 0 saturated carbocycles. The summed E-state index contributed by atoms with van der Waals surface area (Å²) in [6.45, 7) is 1.82. The second kappa shape index (κ2) is 4.87. The van der Waals surface area contributed by atoms with Gasteiger partial charge in [0.05, 0.1) is 7.11 Å². The van der Waals surface area contributed by atoms with Crippen molar-refractivity contribution < 1.29 is 14.3 Å². The summed E-state index contributed by atoms with van der Waals surface area (Å²) in [5.74, 6) is 0. The molecule has 0 saturated heterocycles. The zero-order valence-corrected chi connectivity index (χ0v) is 9.84. The molecule has 0 fully saturated rings. The van der Waals surface area contributed by atoms with E-state index in [1.54, 1.807) is 0 Å². The van der Waals surface area contributed by atoms with Crippen LogP contribution in [0.2, 0.25) is 0 Å². The Balaban J connectivity index is 2.26. The highest BCUT2D eigenvalue weighted by molar-refractivity contribution is 5.83. The lowest BCUT2D eigenvalue weighted by molar-refractivity contribution is 0.0430. The number of benzene rings is 2. The Labute approximate surface area is 100.0 Å². The van der Waals surface area contributed by atoms with Crippen LogP contribution in [0.25, 0.3) is 10.8 Å². The summed E-state index contributed by atoms with van der Waals surface area (Å²) in [7, 11) is 1.30. The van der Waals surface area contributed by atoms with Gasteiger partial charge in [-0.15, -0.1) is 0 Å². The number of ether oxygens (including phenoxy) is 2. The smallest absolute Gasteiger partial charge is 0.438 e. The van der Waals surface area contributed by atoms with Crippen molar-refractivity contribution in [2.45, 2.75) is 13.0 Å². The van der Waals surface area contributed by atoms with Gasteiger partial charge in [0, 0.05) is 0 Å². The molecular weight excluding hydrogens is 216 g/mol. The molecule has 3 nitrogen and oxygen atoms in total. The van der Waals surface area contributed by atoms with Gasteiger partial charge in [-0.3, -0.25) is 0 Å². The van der Waals surface area contributed by atoms with Crippen LogP contribution >= 0.6 is 0 Å². The minimum absolute atomic E-state index is 0.313. The van der Waals surface area contributed by atoms with Crippen LogP contribution in [0.5, 0.6) is 0 Å². The van der Waals surface area contributed by atoms with Gasteiger partial charge in [0.25, 0.3) is 0 Å². The SMILES string of the molecule is COC(=O)O[C@H](C)c1ccc2ccccc2c1. The average molecular weight is 230 g/mol. The first-order valence-electron chi connectivity index (χ1n) is 5.44. The predicted molar refractivity (Wildman–Crippen MR) is 65.9 cm³/mol. The third kappa shape index (κ3) is 2.56. The molecule has 0 radical (unpaired) electrons. The molecule has 88 valence electrons. The van der Waals surface area contributed by atoms with Crippen LogP contribution in [0.1, 0.15) is 18.6 Å². The Bertz CT molecular complexity index is 534. The Hall–Kier alpha value is -2.03. The van der Waals surface area contributed by atoms with Gasteiger partial charge in [-0.1, -0.05) is 36.4 Å². The number of fused-ring (bicyclic) bond motifs is 1. The number of hydrogen-bond acceptors (Lipinski definition) is 3. The Morgan fingerprint density at radius 2 is 1.82 bits per heavy atom. The lowest BCUT2D eigenvalue weighted by atomic mass is 10.0. The molecule has 1 atom stereocenters. The monoisotopic (exact) mass is 230 g/mol. The minimum atomic E-state index is -0.661. The van der Waals surface area contributed by atoms with Crippen molar-refractivity contribution in [3.8, 4) is 0 Å². The quantitative estimate of drug-likeness (QED) is 0.738. The Morgan fingerprint density at radius 3 is 2.53 bits per heavy atom. The summed E-state index contributed by atoms with van der Waals surface area (Å²) in [5, 5.41) is 2.30. The second-order valence-corrected chi connectivity index (χ2v) is 3.82. The Kier molecular flexibility index (Phi) is 3.28. The van der Waals surface area contributed by atoms with Gasteiger partial charge in [-0.05, 0) is 29.3 Å². The molecule has 3 heteroatoms. The molecular formula is C14H14O3. The zero-order valence-electron chi connectivity index (χ0n) is 9.84. The van der Waals surface area contributed by atoms with E-state index >= 15 is 0 Å². The summed E-state index contributed by atoms with van der Waals surface area (Å²) >= 11 is 0. The van der Waals surface area contributed by atoms with Gasteiger partial charge in [-0.2, -0.15) is 0 Å². The third-order valence-corrected chi connectivity index (χ3v) is 2.68. The van der Waals surface area contributed by atoms with Gasteiger partial charge in [0.1, 0.15) is 6.10 Å². The maximum atomic E-state index is 11.0. The van der Waals surface area contributed by atoms with Crippen molar-refractivity contribution in [2.24, 2.45) is 0 Å². The predicted octanol–water partition coefficient (Wildman–Crippen LogP) is 3.68. The number of carbonyl (C=O) groups is 1. The first-order chi connectivity index (χ1) is 8.20. The number of carbonyl (C=O) groups excluding carboxylic acids is 1. The fourth-order valence-electron chi connectivity index (χ4n) is 1.72. The molecule has 0 spiro atoms. The molecule has 0 aliphatic rings. The summed E-state index contributed by atoms with van der Waals surface area (Å²) in [5.41, 5.74) is 0.953. The van der Waals surface area contributed by atoms with Crippen molar-refractivity contribution >= 4 is 16.9 Å². The zero-order chi connectivity index (χ0) is 12.3. The molecule has 2 aromatic rings. The van der Waals surface area contributed by atoms with Gasteiger partial charge in [-0.25, -0.2) is 4.79 Å². The fraction of sp³-hybridized carbons (Fsp3) is 0.214. The average Bonchev–Trinajstić information content (AvgIpc) is 2.38. The van der Waals surface area contributed by atoms with E-state index in [2.05, 4.69) is 4.74 Å². The van der Waals surface area contributed by atoms with Crippen molar-refractivity contribution in [2.75, 3.05) is 7.11 Å². The summed E-state index contributed by atoms with van der Waals surface area (Å²) in [6, 6.07) is 14.0. The summed E-state index contributed by atoms with van der Waals surface area (Å²) < 4.78 is 9.54. The maximum Gasteiger partial charge on any atom is 0.508 e. The normalized spacial score (nSPS) is 12.1. The Morgan fingerprint density at radius 1 is 1.12 bits per heavy atom. The summed E-state index contributed by atoms with van der Waals surface area (Å²) in [6.07, 6.45) is -0.974.